The number of benzene rings is 2. The standard InChI is InChI=1S/C25H23F3N6O3/c1-15-20(22(35)37-12-11-32(2)3)21(17-9-7-16(14-29)8-10-17)34-23(30-31-24(34)36)33(15)19-6-4-5-18(13-19)25(26,27)28/h4-10,13,21H,11-12H2,1-3H3,(H,31,36). The molecule has 0 fully saturated rings. The van der Waals surface area contributed by atoms with Gasteiger partial charge in [0.15, 0.2) is 0 Å². The average molecular weight is 512 g/mol. The number of aromatic nitrogens is 3. The molecule has 0 bridgehead atoms. The number of allylic oxidation sites excluding steroid dienone is 1. The number of halogens is 3. The van der Waals surface area contributed by atoms with Crippen molar-refractivity contribution >= 4 is 17.6 Å². The summed E-state index contributed by atoms with van der Waals surface area (Å²) in [5.74, 6) is -0.731. The fraction of sp³-hybridized carbons (Fsp3) is 0.280. The largest absolute Gasteiger partial charge is 0.461 e. The molecule has 9 nitrogen and oxygen atoms in total. The number of anilines is 2. The zero-order chi connectivity index (χ0) is 26.9. The number of aromatic amines is 1. The first-order valence-corrected chi connectivity index (χ1v) is 11.2. The van der Waals surface area contributed by atoms with E-state index in [1.807, 2.05) is 25.1 Å². The second kappa shape index (κ2) is 9.94. The number of esters is 1. The van der Waals surface area contributed by atoms with Gasteiger partial charge in [-0.1, -0.05) is 18.2 Å². The van der Waals surface area contributed by atoms with E-state index >= 15 is 0 Å². The Labute approximate surface area is 210 Å². The van der Waals surface area contributed by atoms with Crippen LogP contribution in [0.3, 0.4) is 0 Å². The SMILES string of the molecule is CC1=C(C(=O)OCCN(C)C)C(c2ccc(C#N)cc2)n2c(n[nH]c2=O)N1c1cccc(C(F)(F)F)c1. The number of nitriles is 1. The van der Waals surface area contributed by atoms with Gasteiger partial charge in [-0.05, 0) is 56.9 Å². The number of hydrogen-bond acceptors (Lipinski definition) is 7. The number of H-pyrrole nitrogens is 1. The maximum atomic E-state index is 13.5. The molecule has 2 heterocycles. The highest BCUT2D eigenvalue weighted by Crippen LogP contribution is 2.42. The second-order valence-corrected chi connectivity index (χ2v) is 8.66. The van der Waals surface area contributed by atoms with Crippen LogP contribution < -0.4 is 10.6 Å². The number of alkyl halides is 3. The van der Waals surface area contributed by atoms with Crippen molar-refractivity contribution in [3.8, 4) is 6.07 Å². The van der Waals surface area contributed by atoms with Crippen molar-refractivity contribution in [3.05, 3.63) is 87.0 Å². The number of carbonyl (C=O) groups is 1. The fourth-order valence-corrected chi connectivity index (χ4v) is 4.13. The van der Waals surface area contributed by atoms with Gasteiger partial charge in [0, 0.05) is 17.9 Å². The molecule has 0 saturated carbocycles. The summed E-state index contributed by atoms with van der Waals surface area (Å²) in [4.78, 5) is 29.5. The molecule has 1 unspecified atom stereocenters. The van der Waals surface area contributed by atoms with Gasteiger partial charge in [-0.3, -0.25) is 4.90 Å². The molecule has 12 heteroatoms. The molecule has 0 radical (unpaired) electrons. The summed E-state index contributed by atoms with van der Waals surface area (Å²) in [5.41, 5.74) is -0.345. The van der Waals surface area contributed by atoms with E-state index in [1.165, 1.54) is 21.6 Å². The highest BCUT2D eigenvalue weighted by molar-refractivity contribution is 5.93. The number of fused-ring (bicyclic) bond motifs is 1. The third-order valence-corrected chi connectivity index (χ3v) is 5.92. The van der Waals surface area contributed by atoms with Crippen LogP contribution in [0.5, 0.6) is 0 Å². The molecule has 0 amide bonds. The molecule has 0 spiro atoms. The predicted octanol–water partition coefficient (Wildman–Crippen LogP) is 3.58. The minimum atomic E-state index is -4.60. The van der Waals surface area contributed by atoms with Crippen molar-refractivity contribution in [3.63, 3.8) is 0 Å². The van der Waals surface area contributed by atoms with Crippen LogP contribution in [0.25, 0.3) is 0 Å². The van der Waals surface area contributed by atoms with Gasteiger partial charge in [0.1, 0.15) is 12.6 Å². The van der Waals surface area contributed by atoms with E-state index in [0.29, 0.717) is 17.7 Å². The van der Waals surface area contributed by atoms with E-state index in [0.717, 1.165) is 12.1 Å². The molecule has 1 aliphatic rings. The van der Waals surface area contributed by atoms with Crippen LogP contribution in [0.1, 0.15) is 29.7 Å². The van der Waals surface area contributed by atoms with Gasteiger partial charge in [-0.15, -0.1) is 5.10 Å². The molecule has 4 rings (SSSR count). The summed E-state index contributed by atoms with van der Waals surface area (Å²) in [6, 6.07) is 11.8. The molecule has 1 aromatic heterocycles. The quantitative estimate of drug-likeness (QED) is 0.503. The van der Waals surface area contributed by atoms with E-state index in [4.69, 9.17) is 4.74 Å². The van der Waals surface area contributed by atoms with Crippen LogP contribution in [0, 0.1) is 11.3 Å². The Balaban J connectivity index is 1.92. The second-order valence-electron chi connectivity index (χ2n) is 8.66. The minimum Gasteiger partial charge on any atom is -0.461 e. The molecule has 2 aromatic carbocycles. The van der Waals surface area contributed by atoms with Crippen molar-refractivity contribution in [1.29, 1.82) is 5.26 Å². The van der Waals surface area contributed by atoms with Gasteiger partial charge < -0.3 is 9.64 Å². The molecular weight excluding hydrogens is 489 g/mol. The number of ether oxygens (including phenoxy) is 1. The van der Waals surface area contributed by atoms with Gasteiger partial charge in [0.05, 0.1) is 22.8 Å². The Morgan fingerprint density at radius 1 is 1.22 bits per heavy atom. The van der Waals surface area contributed by atoms with Gasteiger partial charge in [-0.25, -0.2) is 19.3 Å². The van der Waals surface area contributed by atoms with Gasteiger partial charge in [-0.2, -0.15) is 18.4 Å². The van der Waals surface area contributed by atoms with Crippen LogP contribution in [0.4, 0.5) is 24.8 Å². The highest BCUT2D eigenvalue weighted by atomic mass is 19.4. The zero-order valence-electron chi connectivity index (χ0n) is 20.2. The Kier molecular flexibility index (Phi) is 6.91. The summed E-state index contributed by atoms with van der Waals surface area (Å²) >= 11 is 0. The Bertz CT molecular complexity index is 1450. The Hall–Kier alpha value is -4.37. The number of rotatable bonds is 6. The predicted molar refractivity (Wildman–Crippen MR) is 128 cm³/mol. The van der Waals surface area contributed by atoms with E-state index in [9.17, 15) is 28.0 Å². The molecule has 0 saturated heterocycles. The van der Waals surface area contributed by atoms with Gasteiger partial charge >= 0.3 is 17.8 Å². The lowest BCUT2D eigenvalue weighted by Crippen LogP contribution is -2.38. The van der Waals surface area contributed by atoms with Crippen molar-refractivity contribution in [1.82, 2.24) is 19.7 Å². The summed E-state index contributed by atoms with van der Waals surface area (Å²) in [6.45, 7) is 2.05. The lowest BCUT2D eigenvalue weighted by Gasteiger charge is -2.35. The number of nitrogens with one attached hydrogen (secondary N) is 1. The van der Waals surface area contributed by atoms with Crippen LogP contribution >= 0.6 is 0 Å². The topological polar surface area (TPSA) is 107 Å². The first kappa shape index (κ1) is 25.7. The van der Waals surface area contributed by atoms with E-state index in [-0.39, 0.29) is 29.5 Å². The minimum absolute atomic E-state index is 0.000950. The van der Waals surface area contributed by atoms with E-state index in [1.54, 1.807) is 31.2 Å². The third kappa shape index (κ3) is 4.99. The maximum Gasteiger partial charge on any atom is 0.416 e. The van der Waals surface area contributed by atoms with Crippen molar-refractivity contribution in [2.75, 3.05) is 32.1 Å². The molecule has 37 heavy (non-hydrogen) atoms. The first-order chi connectivity index (χ1) is 17.5. The lowest BCUT2D eigenvalue weighted by atomic mass is 9.93. The number of carbonyl (C=O) groups excluding carboxylic acids is 1. The van der Waals surface area contributed by atoms with Gasteiger partial charge in [0.2, 0.25) is 5.95 Å². The summed E-state index contributed by atoms with van der Waals surface area (Å²) in [6.07, 6.45) is -4.60. The van der Waals surface area contributed by atoms with E-state index in [2.05, 4.69) is 10.2 Å². The monoisotopic (exact) mass is 512 g/mol. The van der Waals surface area contributed by atoms with Crippen molar-refractivity contribution < 1.29 is 22.7 Å². The number of hydrogen-bond donors (Lipinski definition) is 1. The van der Waals surface area contributed by atoms with Crippen molar-refractivity contribution in [2.24, 2.45) is 0 Å². The van der Waals surface area contributed by atoms with Crippen LogP contribution in [0.15, 0.2) is 64.6 Å². The molecule has 1 aliphatic heterocycles. The van der Waals surface area contributed by atoms with Crippen LogP contribution in [-0.2, 0) is 15.7 Å². The molecule has 0 aliphatic carbocycles. The van der Waals surface area contributed by atoms with Crippen LogP contribution in [0.2, 0.25) is 0 Å². The summed E-state index contributed by atoms with van der Waals surface area (Å²) in [7, 11) is 3.62. The average Bonchev–Trinajstić information content (AvgIpc) is 3.23. The van der Waals surface area contributed by atoms with Crippen molar-refractivity contribution in [2.45, 2.75) is 19.1 Å². The molecule has 192 valence electrons. The Morgan fingerprint density at radius 3 is 2.54 bits per heavy atom. The van der Waals surface area contributed by atoms with E-state index < -0.39 is 29.4 Å². The number of likely N-dealkylation sites (N-methyl/N-ethyl adjacent to an activating group) is 1. The normalized spacial score (nSPS) is 15.5. The smallest absolute Gasteiger partial charge is 0.416 e. The summed E-state index contributed by atoms with van der Waals surface area (Å²) in [5, 5.41) is 15.6. The third-order valence-electron chi connectivity index (χ3n) is 5.92. The first-order valence-electron chi connectivity index (χ1n) is 11.2. The van der Waals surface area contributed by atoms with Gasteiger partial charge in [0.25, 0.3) is 0 Å². The lowest BCUT2D eigenvalue weighted by molar-refractivity contribution is -0.140. The zero-order valence-corrected chi connectivity index (χ0v) is 20.2. The fourth-order valence-electron chi connectivity index (χ4n) is 4.13. The molecule has 3 aromatic rings. The molecule has 1 atom stereocenters. The molecule has 1 N–H and O–H groups in total. The summed E-state index contributed by atoms with van der Waals surface area (Å²) < 4.78 is 47.1. The van der Waals surface area contributed by atoms with Crippen LogP contribution in [-0.4, -0.2) is 52.9 Å². The maximum absolute atomic E-state index is 13.5. The highest BCUT2D eigenvalue weighted by Gasteiger charge is 2.40. The Morgan fingerprint density at radius 2 is 1.92 bits per heavy atom. The molecular formula is C25H23F3N6O3. The number of nitrogens with zero attached hydrogens (tertiary/aromatic N) is 5.